The quantitative estimate of drug-likeness (QED) is 0.809. The first kappa shape index (κ1) is 15.0. The minimum Gasteiger partial charge on any atom is -0.493 e. The van der Waals surface area contributed by atoms with Crippen molar-refractivity contribution in [2.75, 3.05) is 18.1 Å². The summed E-state index contributed by atoms with van der Waals surface area (Å²) >= 11 is 0. The Bertz CT molecular complexity index is 590. The number of sulfone groups is 1. The van der Waals surface area contributed by atoms with Crippen molar-refractivity contribution >= 4 is 15.6 Å². The second kappa shape index (κ2) is 6.39. The van der Waals surface area contributed by atoms with Crippen molar-refractivity contribution in [3.8, 4) is 5.75 Å². The number of rotatable bonds is 6. The lowest BCUT2D eigenvalue weighted by Crippen LogP contribution is -2.17. The molecule has 0 amide bonds. The molecule has 0 saturated carbocycles. The lowest BCUT2D eigenvalue weighted by Gasteiger charge is -2.16. The lowest BCUT2D eigenvalue weighted by molar-refractivity contribution is 0.0972. The van der Waals surface area contributed by atoms with Crippen molar-refractivity contribution in [3.63, 3.8) is 0 Å². The number of aryl methyl sites for hydroxylation is 1. The first-order chi connectivity index (χ1) is 9.52. The van der Waals surface area contributed by atoms with Crippen molar-refractivity contribution in [2.24, 2.45) is 0 Å². The largest absolute Gasteiger partial charge is 0.493 e. The Kier molecular flexibility index (Phi) is 4.81. The van der Waals surface area contributed by atoms with Crippen molar-refractivity contribution in [3.05, 3.63) is 29.3 Å². The van der Waals surface area contributed by atoms with Gasteiger partial charge in [-0.3, -0.25) is 4.79 Å². The molecule has 110 valence electrons. The zero-order chi connectivity index (χ0) is 14.6. The molecule has 20 heavy (non-hydrogen) atoms. The summed E-state index contributed by atoms with van der Waals surface area (Å²) in [6.45, 7) is 2.01. The first-order valence-corrected chi connectivity index (χ1v) is 8.83. The number of fused-ring (bicyclic) bond motifs is 1. The SMILES string of the molecule is CCCS(=O)(=O)CCOc1ccc2c(c1)CCCC2=O. The molecule has 0 aromatic heterocycles. The molecule has 0 aliphatic heterocycles. The van der Waals surface area contributed by atoms with Gasteiger partial charge in [0.1, 0.15) is 12.4 Å². The van der Waals surface area contributed by atoms with Gasteiger partial charge in [-0.1, -0.05) is 6.92 Å². The van der Waals surface area contributed by atoms with E-state index in [0.717, 1.165) is 24.0 Å². The van der Waals surface area contributed by atoms with Crippen molar-refractivity contribution < 1.29 is 17.9 Å². The van der Waals surface area contributed by atoms with Gasteiger partial charge in [-0.15, -0.1) is 0 Å². The second-order valence-corrected chi connectivity index (χ2v) is 7.40. The van der Waals surface area contributed by atoms with E-state index in [4.69, 9.17) is 4.74 Å². The third kappa shape index (κ3) is 3.82. The van der Waals surface area contributed by atoms with Gasteiger partial charge in [0.15, 0.2) is 15.6 Å². The third-order valence-corrected chi connectivity index (χ3v) is 5.22. The Morgan fingerprint density at radius 3 is 2.75 bits per heavy atom. The Morgan fingerprint density at radius 1 is 1.20 bits per heavy atom. The van der Waals surface area contributed by atoms with Crippen LogP contribution in [0, 0.1) is 0 Å². The van der Waals surface area contributed by atoms with Crippen LogP contribution in [0.4, 0.5) is 0 Å². The molecule has 1 aliphatic rings. The van der Waals surface area contributed by atoms with E-state index in [1.54, 1.807) is 12.1 Å². The van der Waals surface area contributed by atoms with Gasteiger partial charge < -0.3 is 4.74 Å². The van der Waals surface area contributed by atoms with Crippen LogP contribution in [0.1, 0.15) is 42.1 Å². The summed E-state index contributed by atoms with van der Waals surface area (Å²) in [7, 11) is -3.01. The van der Waals surface area contributed by atoms with Crippen LogP contribution in [0.15, 0.2) is 18.2 Å². The summed E-state index contributed by atoms with van der Waals surface area (Å²) in [4.78, 5) is 11.7. The summed E-state index contributed by atoms with van der Waals surface area (Å²) in [6, 6.07) is 5.39. The van der Waals surface area contributed by atoms with Crippen molar-refractivity contribution in [1.29, 1.82) is 0 Å². The van der Waals surface area contributed by atoms with E-state index in [1.807, 2.05) is 13.0 Å². The molecule has 4 nitrogen and oxygen atoms in total. The van der Waals surface area contributed by atoms with Crippen LogP contribution in [0.2, 0.25) is 0 Å². The maximum atomic E-state index is 11.7. The van der Waals surface area contributed by atoms with Gasteiger partial charge in [-0.25, -0.2) is 8.42 Å². The van der Waals surface area contributed by atoms with Gasteiger partial charge in [0.2, 0.25) is 0 Å². The standard InChI is InChI=1S/C15H20O4S/c1-2-9-20(17,18)10-8-19-13-6-7-14-12(11-13)4-3-5-15(14)16/h6-7,11H,2-5,8-10H2,1H3. The van der Waals surface area contributed by atoms with Crippen molar-refractivity contribution in [1.82, 2.24) is 0 Å². The number of hydrogen-bond acceptors (Lipinski definition) is 4. The van der Waals surface area contributed by atoms with Crippen LogP contribution in [0.25, 0.3) is 0 Å². The molecule has 1 aromatic rings. The average molecular weight is 296 g/mol. The van der Waals surface area contributed by atoms with Crippen LogP contribution in [0.3, 0.4) is 0 Å². The van der Waals surface area contributed by atoms with Crippen molar-refractivity contribution in [2.45, 2.75) is 32.6 Å². The van der Waals surface area contributed by atoms with Gasteiger partial charge in [0, 0.05) is 12.0 Å². The molecular formula is C15H20O4S. The molecule has 1 aliphatic carbocycles. The fourth-order valence-electron chi connectivity index (χ4n) is 2.41. The van der Waals surface area contributed by atoms with E-state index in [0.29, 0.717) is 18.6 Å². The number of carbonyl (C=O) groups excluding carboxylic acids is 1. The molecule has 0 saturated heterocycles. The molecule has 5 heteroatoms. The second-order valence-electron chi connectivity index (χ2n) is 5.10. The summed E-state index contributed by atoms with van der Waals surface area (Å²) in [5.41, 5.74) is 1.79. The molecule has 0 bridgehead atoms. The Labute approximate surface area is 120 Å². The highest BCUT2D eigenvalue weighted by atomic mass is 32.2. The summed E-state index contributed by atoms with van der Waals surface area (Å²) < 4.78 is 28.6. The number of carbonyl (C=O) groups is 1. The van der Waals surface area contributed by atoms with E-state index in [9.17, 15) is 13.2 Å². The fraction of sp³-hybridized carbons (Fsp3) is 0.533. The highest BCUT2D eigenvalue weighted by Crippen LogP contribution is 2.25. The monoisotopic (exact) mass is 296 g/mol. The Balaban J connectivity index is 1.96. The van der Waals surface area contributed by atoms with Gasteiger partial charge in [-0.05, 0) is 43.0 Å². The minimum absolute atomic E-state index is 0.0385. The van der Waals surface area contributed by atoms with Gasteiger partial charge in [0.25, 0.3) is 0 Å². The van der Waals surface area contributed by atoms with E-state index in [-0.39, 0.29) is 23.9 Å². The molecular weight excluding hydrogens is 276 g/mol. The summed E-state index contributed by atoms with van der Waals surface area (Å²) in [5, 5.41) is 0. The third-order valence-electron chi connectivity index (χ3n) is 3.41. The predicted molar refractivity (Wildman–Crippen MR) is 78.2 cm³/mol. The highest BCUT2D eigenvalue weighted by molar-refractivity contribution is 7.91. The number of Topliss-reactive ketones (excluding diaryl/α,β-unsaturated/α-hetero) is 1. The Morgan fingerprint density at radius 2 is 2.00 bits per heavy atom. The molecule has 0 spiro atoms. The normalized spacial score (nSPS) is 14.9. The van der Waals surface area contributed by atoms with E-state index in [1.165, 1.54) is 0 Å². The van der Waals surface area contributed by atoms with Gasteiger partial charge >= 0.3 is 0 Å². The smallest absolute Gasteiger partial charge is 0.163 e. The van der Waals surface area contributed by atoms with Gasteiger partial charge in [0.05, 0.1) is 11.5 Å². The van der Waals surface area contributed by atoms with Crippen LogP contribution < -0.4 is 4.74 Å². The fourth-order valence-corrected chi connectivity index (χ4v) is 3.58. The zero-order valence-electron chi connectivity index (χ0n) is 11.7. The lowest BCUT2D eigenvalue weighted by atomic mass is 9.91. The van der Waals surface area contributed by atoms with E-state index < -0.39 is 9.84 Å². The molecule has 0 unspecified atom stereocenters. The maximum Gasteiger partial charge on any atom is 0.163 e. The Hall–Kier alpha value is -1.36. The minimum atomic E-state index is -3.01. The average Bonchev–Trinajstić information content (AvgIpc) is 2.38. The first-order valence-electron chi connectivity index (χ1n) is 7.01. The van der Waals surface area contributed by atoms with Crippen LogP contribution in [-0.4, -0.2) is 32.3 Å². The molecule has 0 radical (unpaired) electrons. The molecule has 0 heterocycles. The number of hydrogen-bond donors (Lipinski definition) is 0. The number of ketones is 1. The summed E-state index contributed by atoms with van der Waals surface area (Å²) in [5.74, 6) is 1.07. The van der Waals surface area contributed by atoms with Crippen LogP contribution >= 0.6 is 0 Å². The summed E-state index contributed by atoms with van der Waals surface area (Å²) in [6.07, 6.45) is 3.00. The number of benzene rings is 1. The molecule has 1 aromatic carbocycles. The van der Waals surface area contributed by atoms with Gasteiger partial charge in [-0.2, -0.15) is 0 Å². The molecule has 2 rings (SSSR count). The maximum absolute atomic E-state index is 11.7. The molecule has 0 N–H and O–H groups in total. The van der Waals surface area contributed by atoms with Crippen LogP contribution in [-0.2, 0) is 16.3 Å². The predicted octanol–water partition coefficient (Wildman–Crippen LogP) is 2.41. The van der Waals surface area contributed by atoms with Crippen LogP contribution in [0.5, 0.6) is 5.75 Å². The number of ether oxygens (including phenoxy) is 1. The zero-order valence-corrected chi connectivity index (χ0v) is 12.5. The van der Waals surface area contributed by atoms with E-state index in [2.05, 4.69) is 0 Å². The van der Waals surface area contributed by atoms with E-state index >= 15 is 0 Å². The topological polar surface area (TPSA) is 60.4 Å². The molecule has 0 fully saturated rings. The molecule has 0 atom stereocenters. The highest BCUT2D eigenvalue weighted by Gasteiger charge is 2.17.